The predicted octanol–water partition coefficient (Wildman–Crippen LogP) is 2.30. The second-order valence-corrected chi connectivity index (χ2v) is 4.04. The molecule has 1 aromatic rings. The lowest BCUT2D eigenvalue weighted by Crippen LogP contribution is -2.09. The molecule has 94 valence electrons. The van der Waals surface area contributed by atoms with Crippen molar-refractivity contribution in [1.82, 2.24) is 0 Å². The average molecular weight is 259 g/mol. The Balaban J connectivity index is 2.94. The Labute approximate surface area is 105 Å². The molecule has 0 atom stereocenters. The number of hydrogen-bond donors (Lipinski definition) is 1. The highest BCUT2D eigenvalue weighted by Gasteiger charge is 2.13. The summed E-state index contributed by atoms with van der Waals surface area (Å²) in [7, 11) is 1.57. The van der Waals surface area contributed by atoms with Gasteiger partial charge in [-0.25, -0.2) is 0 Å². The summed E-state index contributed by atoms with van der Waals surface area (Å²) >= 11 is 6.02. The largest absolute Gasteiger partial charge is 0.491 e. The highest BCUT2D eigenvalue weighted by molar-refractivity contribution is 6.31. The molecule has 0 saturated heterocycles. The zero-order valence-corrected chi connectivity index (χ0v) is 10.6. The van der Waals surface area contributed by atoms with Crippen molar-refractivity contribution in [2.45, 2.75) is 13.3 Å². The fraction of sp³-hybridized carbons (Fsp3) is 0.417. The van der Waals surface area contributed by atoms with E-state index in [2.05, 4.69) is 0 Å². The van der Waals surface area contributed by atoms with E-state index in [1.54, 1.807) is 19.2 Å². The van der Waals surface area contributed by atoms with Crippen molar-refractivity contribution in [3.63, 3.8) is 0 Å². The third-order valence-electron chi connectivity index (χ3n) is 2.17. The first-order chi connectivity index (χ1) is 8.04. The van der Waals surface area contributed by atoms with Crippen LogP contribution in [0, 0.1) is 6.92 Å². The van der Waals surface area contributed by atoms with Crippen LogP contribution in [0.2, 0.25) is 5.02 Å². The smallest absolute Gasteiger partial charge is 0.308 e. The van der Waals surface area contributed by atoms with Crippen LogP contribution in [-0.2, 0) is 16.0 Å². The van der Waals surface area contributed by atoms with Gasteiger partial charge in [-0.1, -0.05) is 11.6 Å². The quantitative estimate of drug-likeness (QED) is 0.796. The van der Waals surface area contributed by atoms with Gasteiger partial charge in [0.05, 0.1) is 13.0 Å². The topological polar surface area (TPSA) is 55.8 Å². The molecule has 5 heteroatoms. The molecule has 0 amide bonds. The number of ether oxygens (including phenoxy) is 2. The monoisotopic (exact) mass is 258 g/mol. The molecule has 0 bridgehead atoms. The predicted molar refractivity (Wildman–Crippen MR) is 64.9 cm³/mol. The van der Waals surface area contributed by atoms with Crippen LogP contribution in [-0.4, -0.2) is 31.4 Å². The summed E-state index contributed by atoms with van der Waals surface area (Å²) in [6, 6.07) is 3.50. The summed E-state index contributed by atoms with van der Waals surface area (Å²) in [6.45, 7) is 2.68. The Bertz CT molecular complexity index is 404. The average Bonchev–Trinajstić information content (AvgIpc) is 2.23. The molecule has 1 aromatic carbocycles. The van der Waals surface area contributed by atoms with E-state index in [0.717, 1.165) is 5.56 Å². The third kappa shape index (κ3) is 4.24. The number of aliphatic carboxylic acids is 1. The second-order valence-electron chi connectivity index (χ2n) is 3.64. The minimum atomic E-state index is -0.938. The molecular formula is C12H15ClO4. The first kappa shape index (κ1) is 13.8. The maximum absolute atomic E-state index is 10.7. The van der Waals surface area contributed by atoms with Crippen LogP contribution in [0.15, 0.2) is 12.1 Å². The zero-order valence-electron chi connectivity index (χ0n) is 9.83. The lowest BCUT2D eigenvalue weighted by atomic mass is 10.1. The molecule has 0 aliphatic rings. The van der Waals surface area contributed by atoms with Crippen LogP contribution in [0.25, 0.3) is 0 Å². The first-order valence-electron chi connectivity index (χ1n) is 5.17. The molecule has 0 heterocycles. The van der Waals surface area contributed by atoms with Crippen LogP contribution in [0.5, 0.6) is 5.75 Å². The van der Waals surface area contributed by atoms with Gasteiger partial charge >= 0.3 is 5.97 Å². The number of aryl methyl sites for hydroxylation is 1. The molecule has 4 nitrogen and oxygen atoms in total. The van der Waals surface area contributed by atoms with Crippen molar-refractivity contribution >= 4 is 17.6 Å². The van der Waals surface area contributed by atoms with E-state index >= 15 is 0 Å². The van der Waals surface area contributed by atoms with E-state index in [1.807, 2.05) is 6.92 Å². The molecule has 0 radical (unpaired) electrons. The van der Waals surface area contributed by atoms with Crippen LogP contribution >= 0.6 is 11.6 Å². The number of methoxy groups -OCH3 is 1. The Morgan fingerprint density at radius 2 is 2.12 bits per heavy atom. The van der Waals surface area contributed by atoms with Crippen molar-refractivity contribution in [2.24, 2.45) is 0 Å². The van der Waals surface area contributed by atoms with Gasteiger partial charge < -0.3 is 14.6 Å². The van der Waals surface area contributed by atoms with Gasteiger partial charge in [0.1, 0.15) is 12.4 Å². The van der Waals surface area contributed by atoms with Crippen molar-refractivity contribution in [1.29, 1.82) is 0 Å². The molecule has 0 unspecified atom stereocenters. The summed E-state index contributed by atoms with van der Waals surface area (Å²) in [4.78, 5) is 10.7. The number of hydrogen-bond acceptors (Lipinski definition) is 3. The Kier molecular flexibility index (Phi) is 5.25. The highest BCUT2D eigenvalue weighted by Crippen LogP contribution is 2.29. The van der Waals surface area contributed by atoms with E-state index in [9.17, 15) is 4.79 Å². The summed E-state index contributed by atoms with van der Waals surface area (Å²) in [5.74, 6) is -0.429. The Morgan fingerprint density at radius 1 is 1.41 bits per heavy atom. The van der Waals surface area contributed by atoms with Crippen molar-refractivity contribution in [3.8, 4) is 5.75 Å². The Morgan fingerprint density at radius 3 is 2.71 bits per heavy atom. The van der Waals surface area contributed by atoms with Gasteiger partial charge in [0, 0.05) is 17.7 Å². The zero-order chi connectivity index (χ0) is 12.8. The second kappa shape index (κ2) is 6.47. The molecule has 1 rings (SSSR count). The number of carboxylic acid groups (broad SMARTS) is 1. The fourth-order valence-electron chi connectivity index (χ4n) is 1.43. The minimum Gasteiger partial charge on any atom is -0.491 e. The molecule has 0 saturated carbocycles. The molecule has 0 fully saturated rings. The van der Waals surface area contributed by atoms with E-state index in [4.69, 9.17) is 26.2 Å². The normalized spacial score (nSPS) is 10.3. The van der Waals surface area contributed by atoms with E-state index in [0.29, 0.717) is 29.5 Å². The third-order valence-corrected chi connectivity index (χ3v) is 2.51. The highest BCUT2D eigenvalue weighted by atomic mass is 35.5. The summed E-state index contributed by atoms with van der Waals surface area (Å²) < 4.78 is 10.3. The lowest BCUT2D eigenvalue weighted by Gasteiger charge is -2.12. The summed E-state index contributed by atoms with van der Waals surface area (Å²) in [6.07, 6.45) is -0.151. The minimum absolute atomic E-state index is 0.151. The van der Waals surface area contributed by atoms with Crippen LogP contribution in [0.1, 0.15) is 11.1 Å². The fourth-order valence-corrected chi connectivity index (χ4v) is 1.76. The number of carbonyl (C=O) groups is 1. The van der Waals surface area contributed by atoms with Gasteiger partial charge in [0.25, 0.3) is 0 Å². The number of halogens is 1. The van der Waals surface area contributed by atoms with E-state index in [1.165, 1.54) is 0 Å². The number of benzene rings is 1. The maximum Gasteiger partial charge on any atom is 0.308 e. The van der Waals surface area contributed by atoms with Crippen LogP contribution < -0.4 is 4.74 Å². The Hall–Kier alpha value is -1.26. The van der Waals surface area contributed by atoms with Gasteiger partial charge in [-0.05, 0) is 24.6 Å². The van der Waals surface area contributed by atoms with Crippen molar-refractivity contribution in [2.75, 3.05) is 20.3 Å². The first-order valence-corrected chi connectivity index (χ1v) is 5.55. The summed E-state index contributed by atoms with van der Waals surface area (Å²) in [5.41, 5.74) is 1.43. The number of carboxylic acids is 1. The van der Waals surface area contributed by atoms with E-state index < -0.39 is 5.97 Å². The molecule has 17 heavy (non-hydrogen) atoms. The summed E-state index contributed by atoms with van der Waals surface area (Å²) in [5, 5.41) is 9.23. The van der Waals surface area contributed by atoms with Gasteiger partial charge in [-0.3, -0.25) is 4.79 Å². The number of rotatable bonds is 6. The molecule has 0 spiro atoms. The van der Waals surface area contributed by atoms with Crippen molar-refractivity contribution in [3.05, 3.63) is 28.3 Å². The standard InChI is InChI=1S/C12H15ClO4/c1-8-5-10(13)9(7-12(14)15)11(6-8)17-4-3-16-2/h5-6H,3-4,7H2,1-2H3,(H,14,15). The van der Waals surface area contributed by atoms with Crippen LogP contribution in [0.4, 0.5) is 0 Å². The molecule has 0 aliphatic heterocycles. The molecular weight excluding hydrogens is 244 g/mol. The molecule has 0 aliphatic carbocycles. The lowest BCUT2D eigenvalue weighted by molar-refractivity contribution is -0.136. The van der Waals surface area contributed by atoms with Gasteiger partial charge in [0.15, 0.2) is 0 Å². The maximum atomic E-state index is 10.7. The van der Waals surface area contributed by atoms with Crippen LogP contribution in [0.3, 0.4) is 0 Å². The SMILES string of the molecule is COCCOc1cc(C)cc(Cl)c1CC(=O)O. The molecule has 1 N–H and O–H groups in total. The van der Waals surface area contributed by atoms with E-state index in [-0.39, 0.29) is 6.42 Å². The van der Waals surface area contributed by atoms with Gasteiger partial charge in [0.2, 0.25) is 0 Å². The van der Waals surface area contributed by atoms with Gasteiger partial charge in [-0.15, -0.1) is 0 Å². The molecule has 0 aromatic heterocycles. The van der Waals surface area contributed by atoms with Gasteiger partial charge in [-0.2, -0.15) is 0 Å². The van der Waals surface area contributed by atoms with Crippen molar-refractivity contribution < 1.29 is 19.4 Å².